The monoisotopic (exact) mass is 364 g/mol. The van der Waals surface area contributed by atoms with E-state index in [0.29, 0.717) is 12.0 Å². The van der Waals surface area contributed by atoms with Gasteiger partial charge in [0.15, 0.2) is 0 Å². The van der Waals surface area contributed by atoms with Crippen LogP contribution >= 0.6 is 0 Å². The van der Waals surface area contributed by atoms with Crippen LogP contribution in [-0.2, 0) is 22.3 Å². The number of ether oxygens (including phenoxy) is 1. The van der Waals surface area contributed by atoms with E-state index in [1.54, 1.807) is 0 Å². The van der Waals surface area contributed by atoms with Crippen LogP contribution in [0.2, 0.25) is 0 Å². The molecule has 0 amide bonds. The SMILES string of the molecule is CC(C)(C)CC(C(=O)OCc1ccccc1)c1ccc(C(F)(F)F)cc1. The molecule has 0 aromatic heterocycles. The predicted octanol–water partition coefficient (Wildman–Crippen LogP) is 5.97. The summed E-state index contributed by atoms with van der Waals surface area (Å²) in [5.74, 6) is -1.04. The molecule has 0 bridgehead atoms. The van der Waals surface area contributed by atoms with Gasteiger partial charge in [0, 0.05) is 0 Å². The van der Waals surface area contributed by atoms with Crippen LogP contribution in [0.5, 0.6) is 0 Å². The van der Waals surface area contributed by atoms with E-state index in [2.05, 4.69) is 0 Å². The van der Waals surface area contributed by atoms with Gasteiger partial charge in [-0.25, -0.2) is 0 Å². The first kappa shape index (κ1) is 20.0. The lowest BCUT2D eigenvalue weighted by Crippen LogP contribution is -2.22. The second kappa shape index (κ2) is 7.94. The molecule has 140 valence electrons. The third kappa shape index (κ3) is 5.90. The van der Waals surface area contributed by atoms with Gasteiger partial charge >= 0.3 is 12.1 Å². The molecule has 26 heavy (non-hydrogen) atoms. The first-order valence-corrected chi connectivity index (χ1v) is 8.44. The molecule has 1 unspecified atom stereocenters. The van der Waals surface area contributed by atoms with Crippen molar-refractivity contribution in [2.75, 3.05) is 0 Å². The van der Waals surface area contributed by atoms with Crippen molar-refractivity contribution in [2.45, 2.75) is 45.9 Å². The number of hydrogen-bond donors (Lipinski definition) is 0. The fourth-order valence-electron chi connectivity index (χ4n) is 2.68. The van der Waals surface area contributed by atoms with Gasteiger partial charge in [0.2, 0.25) is 0 Å². The Labute approximate surface area is 152 Å². The Balaban J connectivity index is 2.18. The number of halogens is 3. The molecule has 0 aliphatic carbocycles. The average Bonchev–Trinajstić information content (AvgIpc) is 2.57. The van der Waals surface area contributed by atoms with Gasteiger partial charge in [-0.05, 0) is 35.1 Å². The number of rotatable bonds is 5. The van der Waals surface area contributed by atoms with Gasteiger partial charge in [-0.2, -0.15) is 13.2 Å². The van der Waals surface area contributed by atoms with Crippen LogP contribution in [0.25, 0.3) is 0 Å². The summed E-state index contributed by atoms with van der Waals surface area (Å²) in [6, 6.07) is 14.0. The third-order valence-electron chi connectivity index (χ3n) is 3.97. The molecule has 0 radical (unpaired) electrons. The highest BCUT2D eigenvalue weighted by Crippen LogP contribution is 2.35. The number of hydrogen-bond acceptors (Lipinski definition) is 2. The fraction of sp³-hybridized carbons (Fsp3) is 0.381. The van der Waals surface area contributed by atoms with Crippen LogP contribution in [0.3, 0.4) is 0 Å². The fourth-order valence-corrected chi connectivity index (χ4v) is 2.68. The third-order valence-corrected chi connectivity index (χ3v) is 3.97. The van der Waals surface area contributed by atoms with E-state index in [-0.39, 0.29) is 12.0 Å². The van der Waals surface area contributed by atoms with Gasteiger partial charge in [0.25, 0.3) is 0 Å². The Morgan fingerprint density at radius 3 is 2.04 bits per heavy atom. The molecule has 1 atom stereocenters. The number of esters is 1. The summed E-state index contributed by atoms with van der Waals surface area (Å²) in [4.78, 5) is 12.6. The number of carbonyl (C=O) groups excluding carboxylic acids is 1. The van der Waals surface area contributed by atoms with Crippen LogP contribution < -0.4 is 0 Å². The Bertz CT molecular complexity index is 714. The normalized spacial score (nSPS) is 13.3. The quantitative estimate of drug-likeness (QED) is 0.611. The van der Waals surface area contributed by atoms with E-state index in [4.69, 9.17) is 4.74 Å². The van der Waals surface area contributed by atoms with Crippen molar-refractivity contribution in [1.82, 2.24) is 0 Å². The largest absolute Gasteiger partial charge is 0.460 e. The van der Waals surface area contributed by atoms with E-state index in [1.165, 1.54) is 12.1 Å². The zero-order valence-corrected chi connectivity index (χ0v) is 15.1. The summed E-state index contributed by atoms with van der Waals surface area (Å²) in [6.07, 6.45) is -3.92. The predicted molar refractivity (Wildman–Crippen MR) is 94.5 cm³/mol. The van der Waals surface area contributed by atoms with Crippen LogP contribution in [0, 0.1) is 5.41 Å². The van der Waals surface area contributed by atoms with Crippen LogP contribution in [0.4, 0.5) is 13.2 Å². The standard InChI is InChI=1S/C21H23F3O2/c1-20(2,3)13-18(16-9-11-17(12-10-16)21(22,23)24)19(25)26-14-15-7-5-4-6-8-15/h4-12,18H,13-14H2,1-3H3. The highest BCUT2D eigenvalue weighted by Gasteiger charge is 2.32. The van der Waals surface area contributed by atoms with Gasteiger partial charge in [0.1, 0.15) is 6.61 Å². The van der Waals surface area contributed by atoms with E-state index in [1.807, 2.05) is 51.1 Å². The van der Waals surface area contributed by atoms with E-state index in [9.17, 15) is 18.0 Å². The first-order chi connectivity index (χ1) is 12.1. The maximum absolute atomic E-state index is 12.8. The highest BCUT2D eigenvalue weighted by atomic mass is 19.4. The average molecular weight is 364 g/mol. The molecule has 2 aromatic rings. The van der Waals surface area contributed by atoms with Crippen molar-refractivity contribution < 1.29 is 22.7 Å². The molecule has 2 aromatic carbocycles. The number of benzene rings is 2. The molecule has 0 saturated carbocycles. The van der Waals surface area contributed by atoms with Gasteiger partial charge in [-0.3, -0.25) is 4.79 Å². The van der Waals surface area contributed by atoms with E-state index >= 15 is 0 Å². The lowest BCUT2D eigenvalue weighted by molar-refractivity contribution is -0.147. The van der Waals surface area contributed by atoms with Crippen molar-refractivity contribution in [3.63, 3.8) is 0 Å². The minimum atomic E-state index is -4.40. The Kier molecular flexibility index (Phi) is 6.11. The van der Waals surface area contributed by atoms with Crippen molar-refractivity contribution in [2.24, 2.45) is 5.41 Å². The minimum Gasteiger partial charge on any atom is -0.460 e. The van der Waals surface area contributed by atoms with Crippen molar-refractivity contribution in [3.05, 3.63) is 71.3 Å². The molecule has 0 spiro atoms. The van der Waals surface area contributed by atoms with Crippen molar-refractivity contribution in [3.8, 4) is 0 Å². The summed E-state index contributed by atoms with van der Waals surface area (Å²) in [5, 5.41) is 0. The molecule has 0 N–H and O–H groups in total. The second-order valence-corrected chi connectivity index (χ2v) is 7.53. The molecule has 0 aliphatic rings. The van der Waals surface area contributed by atoms with Crippen LogP contribution in [0.1, 0.15) is 49.8 Å². The molecule has 5 heteroatoms. The van der Waals surface area contributed by atoms with Gasteiger partial charge in [-0.15, -0.1) is 0 Å². The van der Waals surface area contributed by atoms with Crippen LogP contribution in [0.15, 0.2) is 54.6 Å². The Morgan fingerprint density at radius 1 is 0.962 bits per heavy atom. The van der Waals surface area contributed by atoms with Gasteiger partial charge < -0.3 is 4.74 Å². The lowest BCUT2D eigenvalue weighted by atomic mass is 9.81. The molecule has 0 aliphatic heterocycles. The summed E-state index contributed by atoms with van der Waals surface area (Å²) in [7, 11) is 0. The zero-order chi connectivity index (χ0) is 19.4. The summed E-state index contributed by atoms with van der Waals surface area (Å²) in [6.45, 7) is 6.08. The van der Waals surface area contributed by atoms with Crippen molar-refractivity contribution >= 4 is 5.97 Å². The number of alkyl halides is 3. The molecule has 2 rings (SSSR count). The Morgan fingerprint density at radius 2 is 1.54 bits per heavy atom. The molecule has 0 heterocycles. The summed E-state index contributed by atoms with van der Waals surface area (Å²) < 4.78 is 43.7. The maximum atomic E-state index is 12.8. The molecule has 2 nitrogen and oxygen atoms in total. The smallest absolute Gasteiger partial charge is 0.416 e. The molecule has 0 saturated heterocycles. The lowest BCUT2D eigenvalue weighted by Gasteiger charge is -2.25. The zero-order valence-electron chi connectivity index (χ0n) is 15.1. The molecular weight excluding hydrogens is 341 g/mol. The van der Waals surface area contributed by atoms with E-state index in [0.717, 1.165) is 17.7 Å². The maximum Gasteiger partial charge on any atom is 0.416 e. The number of carbonyl (C=O) groups is 1. The van der Waals surface area contributed by atoms with E-state index < -0.39 is 23.6 Å². The van der Waals surface area contributed by atoms with Crippen molar-refractivity contribution in [1.29, 1.82) is 0 Å². The summed E-state index contributed by atoms with van der Waals surface area (Å²) >= 11 is 0. The van der Waals surface area contributed by atoms with Gasteiger partial charge in [0.05, 0.1) is 11.5 Å². The topological polar surface area (TPSA) is 26.3 Å². The minimum absolute atomic E-state index is 0.140. The first-order valence-electron chi connectivity index (χ1n) is 8.44. The second-order valence-electron chi connectivity index (χ2n) is 7.53. The van der Waals surface area contributed by atoms with Gasteiger partial charge in [-0.1, -0.05) is 63.2 Å². The molecule has 0 fully saturated rings. The highest BCUT2D eigenvalue weighted by molar-refractivity contribution is 5.78. The van der Waals surface area contributed by atoms with Crippen LogP contribution in [-0.4, -0.2) is 5.97 Å². The summed E-state index contributed by atoms with van der Waals surface area (Å²) in [5.41, 5.74) is 0.487. The Hall–Kier alpha value is -2.30. The molecular formula is C21H23F3O2.